The lowest BCUT2D eigenvalue weighted by Crippen LogP contribution is -2.01. The van der Waals surface area contributed by atoms with Gasteiger partial charge in [-0.2, -0.15) is 5.26 Å². The van der Waals surface area contributed by atoms with Crippen molar-refractivity contribution < 1.29 is 0 Å². The highest BCUT2D eigenvalue weighted by Gasteiger charge is 2.20. The Morgan fingerprint density at radius 1 is 0.333 bits per heavy atom. The highest BCUT2D eigenvalue weighted by atomic mass is 15.0. The van der Waals surface area contributed by atoms with Crippen molar-refractivity contribution in [2.75, 3.05) is 0 Å². The smallest absolute Gasteiger partial charge is 0.164 e. The molecule has 54 heavy (non-hydrogen) atoms. The molecule has 6 heteroatoms. The van der Waals surface area contributed by atoms with E-state index in [4.69, 9.17) is 24.9 Å². The summed E-state index contributed by atoms with van der Waals surface area (Å²) >= 11 is 0. The van der Waals surface area contributed by atoms with Gasteiger partial charge >= 0.3 is 0 Å². The molecule has 0 aliphatic rings. The zero-order chi connectivity index (χ0) is 36.3. The number of benzene rings is 7. The van der Waals surface area contributed by atoms with E-state index in [9.17, 15) is 5.26 Å². The second-order valence-corrected chi connectivity index (χ2v) is 12.8. The van der Waals surface area contributed by atoms with Crippen molar-refractivity contribution in [1.29, 1.82) is 5.26 Å². The Bertz CT molecular complexity index is 2770. The Balaban J connectivity index is 1.27. The summed E-state index contributed by atoms with van der Waals surface area (Å²) in [6.07, 6.45) is 0. The molecule has 252 valence electrons. The lowest BCUT2D eigenvalue weighted by atomic mass is 9.89. The van der Waals surface area contributed by atoms with Crippen LogP contribution < -0.4 is 0 Å². The van der Waals surface area contributed by atoms with Crippen LogP contribution in [0.2, 0.25) is 0 Å². The Kier molecular flexibility index (Phi) is 8.48. The predicted molar refractivity (Wildman–Crippen MR) is 216 cm³/mol. The van der Waals surface area contributed by atoms with E-state index in [0.717, 1.165) is 66.7 Å². The third-order valence-corrected chi connectivity index (χ3v) is 9.43. The van der Waals surface area contributed by atoms with Gasteiger partial charge in [-0.3, -0.25) is 0 Å². The van der Waals surface area contributed by atoms with Gasteiger partial charge in [-0.15, -0.1) is 0 Å². The second kappa shape index (κ2) is 14.2. The number of nitrogens with zero attached hydrogens (tertiary/aromatic N) is 6. The molecule has 0 aliphatic heterocycles. The number of aromatic nitrogens is 5. The van der Waals surface area contributed by atoms with Crippen molar-refractivity contribution in [2.24, 2.45) is 0 Å². The first-order chi connectivity index (χ1) is 26.7. The zero-order valence-electron chi connectivity index (χ0n) is 29.0. The average Bonchev–Trinajstić information content (AvgIpc) is 3.26. The molecule has 0 N–H and O–H groups in total. The largest absolute Gasteiger partial charge is 0.228 e. The Labute approximate surface area is 312 Å². The number of rotatable bonds is 7. The minimum Gasteiger partial charge on any atom is -0.228 e. The third-order valence-electron chi connectivity index (χ3n) is 9.43. The minimum absolute atomic E-state index is 0.514. The number of fused-ring (bicyclic) bond motifs is 1. The lowest BCUT2D eigenvalue weighted by molar-refractivity contribution is 1.07. The molecule has 0 saturated heterocycles. The second-order valence-electron chi connectivity index (χ2n) is 12.8. The molecular formula is C48H30N6. The van der Waals surface area contributed by atoms with Gasteiger partial charge in [0.25, 0.3) is 0 Å². The standard InChI is InChI=1S/C48H30N6/c49-31-36-22-10-11-24-38(36)42-30-35(28-29-40(42)48-53-46(33-18-6-2-7-19-33)52-47(54-48)34-20-8-3-9-21-34)37-23-12-13-25-39(37)44-41-26-14-15-27-43(41)50-45(51-44)32-16-4-1-5-17-32/h1-30H. The van der Waals surface area contributed by atoms with Gasteiger partial charge in [0, 0.05) is 38.8 Å². The van der Waals surface area contributed by atoms with E-state index < -0.39 is 0 Å². The molecule has 6 nitrogen and oxygen atoms in total. The summed E-state index contributed by atoms with van der Waals surface area (Å²) in [6.45, 7) is 0. The molecule has 0 spiro atoms. The van der Waals surface area contributed by atoms with Crippen LogP contribution in [0, 0.1) is 11.3 Å². The summed E-state index contributed by atoms with van der Waals surface area (Å²) in [5, 5.41) is 11.3. The van der Waals surface area contributed by atoms with E-state index >= 15 is 0 Å². The number of hydrogen-bond donors (Lipinski definition) is 0. The van der Waals surface area contributed by atoms with Crippen molar-refractivity contribution in [3.05, 3.63) is 188 Å². The number of hydrogen-bond acceptors (Lipinski definition) is 6. The first kappa shape index (κ1) is 32.3. The molecule has 0 fully saturated rings. The fraction of sp³-hybridized carbons (Fsp3) is 0. The van der Waals surface area contributed by atoms with Crippen LogP contribution in [0.25, 0.3) is 90.0 Å². The highest BCUT2D eigenvalue weighted by molar-refractivity contribution is 5.99. The third kappa shape index (κ3) is 6.17. The minimum atomic E-state index is 0.514. The fourth-order valence-electron chi connectivity index (χ4n) is 6.81. The molecule has 9 aromatic rings. The van der Waals surface area contributed by atoms with Gasteiger partial charge in [-0.05, 0) is 41.0 Å². The molecule has 9 rings (SSSR count). The van der Waals surface area contributed by atoms with Crippen LogP contribution in [-0.4, -0.2) is 24.9 Å². The van der Waals surface area contributed by atoms with Crippen LogP contribution in [0.5, 0.6) is 0 Å². The van der Waals surface area contributed by atoms with Crippen LogP contribution >= 0.6 is 0 Å². The molecule has 0 radical (unpaired) electrons. The molecular weight excluding hydrogens is 661 g/mol. The van der Waals surface area contributed by atoms with Crippen LogP contribution in [-0.2, 0) is 0 Å². The Morgan fingerprint density at radius 3 is 1.46 bits per heavy atom. The Hall–Kier alpha value is -7.62. The van der Waals surface area contributed by atoms with Gasteiger partial charge in [0.05, 0.1) is 22.8 Å². The van der Waals surface area contributed by atoms with Gasteiger partial charge in [0.15, 0.2) is 23.3 Å². The van der Waals surface area contributed by atoms with E-state index in [2.05, 4.69) is 42.5 Å². The van der Waals surface area contributed by atoms with Crippen molar-refractivity contribution in [3.63, 3.8) is 0 Å². The topological polar surface area (TPSA) is 88.2 Å². The van der Waals surface area contributed by atoms with E-state index in [1.807, 2.05) is 146 Å². The summed E-state index contributed by atoms with van der Waals surface area (Å²) in [4.78, 5) is 25.2. The van der Waals surface area contributed by atoms with Crippen molar-refractivity contribution in [1.82, 2.24) is 24.9 Å². The van der Waals surface area contributed by atoms with Gasteiger partial charge < -0.3 is 0 Å². The number of nitriles is 1. The molecule has 0 bridgehead atoms. The van der Waals surface area contributed by atoms with Gasteiger partial charge in [0.2, 0.25) is 0 Å². The van der Waals surface area contributed by atoms with Gasteiger partial charge in [-0.25, -0.2) is 24.9 Å². The van der Waals surface area contributed by atoms with Gasteiger partial charge in [-0.1, -0.05) is 158 Å². The predicted octanol–water partition coefficient (Wildman–Crippen LogP) is 11.4. The van der Waals surface area contributed by atoms with E-state index in [1.165, 1.54) is 0 Å². The quantitative estimate of drug-likeness (QED) is 0.165. The molecule has 0 atom stereocenters. The maximum absolute atomic E-state index is 10.3. The molecule has 0 aliphatic carbocycles. The molecule has 2 heterocycles. The van der Waals surface area contributed by atoms with Crippen LogP contribution in [0.15, 0.2) is 182 Å². The summed E-state index contributed by atoms with van der Waals surface area (Å²) in [5.74, 6) is 2.31. The average molecular weight is 691 g/mol. The first-order valence-corrected chi connectivity index (χ1v) is 17.7. The Morgan fingerprint density at radius 2 is 0.833 bits per heavy atom. The zero-order valence-corrected chi connectivity index (χ0v) is 29.0. The molecule has 0 saturated carbocycles. The van der Waals surface area contributed by atoms with E-state index in [-0.39, 0.29) is 0 Å². The van der Waals surface area contributed by atoms with E-state index in [0.29, 0.717) is 28.9 Å². The number of para-hydroxylation sites is 1. The SMILES string of the molecule is N#Cc1ccccc1-c1cc(-c2ccccc2-c2nc(-c3ccccc3)nc3ccccc23)ccc1-c1nc(-c2ccccc2)nc(-c2ccccc2)n1. The van der Waals surface area contributed by atoms with Crippen molar-refractivity contribution in [3.8, 4) is 85.1 Å². The van der Waals surface area contributed by atoms with Crippen LogP contribution in [0.4, 0.5) is 0 Å². The first-order valence-electron chi connectivity index (χ1n) is 17.7. The maximum atomic E-state index is 10.3. The summed E-state index contributed by atoms with van der Waals surface area (Å²) in [5.41, 5.74) is 10.3. The molecule has 0 unspecified atom stereocenters. The fourth-order valence-corrected chi connectivity index (χ4v) is 6.81. The molecule has 0 amide bonds. The lowest BCUT2D eigenvalue weighted by Gasteiger charge is -2.17. The molecule has 2 aromatic heterocycles. The van der Waals surface area contributed by atoms with Gasteiger partial charge in [0.1, 0.15) is 0 Å². The summed E-state index contributed by atoms with van der Waals surface area (Å²) < 4.78 is 0. The normalized spacial score (nSPS) is 10.9. The van der Waals surface area contributed by atoms with Crippen molar-refractivity contribution >= 4 is 10.9 Å². The summed E-state index contributed by atoms with van der Waals surface area (Å²) in [6, 6.07) is 62.7. The van der Waals surface area contributed by atoms with Crippen LogP contribution in [0.1, 0.15) is 5.56 Å². The van der Waals surface area contributed by atoms with E-state index in [1.54, 1.807) is 0 Å². The maximum Gasteiger partial charge on any atom is 0.164 e. The van der Waals surface area contributed by atoms with Crippen LogP contribution in [0.3, 0.4) is 0 Å². The summed E-state index contributed by atoms with van der Waals surface area (Å²) in [7, 11) is 0. The highest BCUT2D eigenvalue weighted by Crippen LogP contribution is 2.41. The monoisotopic (exact) mass is 690 g/mol. The van der Waals surface area contributed by atoms with Crippen molar-refractivity contribution in [2.45, 2.75) is 0 Å². The molecule has 7 aromatic carbocycles.